The van der Waals surface area contributed by atoms with E-state index in [4.69, 9.17) is 22.7 Å². The highest BCUT2D eigenvalue weighted by atomic mass is 35.5. The maximum Gasteiger partial charge on any atom is 0.227 e. The number of nitrogens with two attached hydrogens (primary N) is 1. The molecule has 4 N–H and O–H groups in total. The van der Waals surface area contributed by atoms with E-state index in [0.717, 1.165) is 23.8 Å². The second-order valence-corrected chi connectivity index (χ2v) is 6.56. The number of nitrogen functional groups attached to an aromatic ring is 1. The van der Waals surface area contributed by atoms with Gasteiger partial charge in [0.15, 0.2) is 0 Å². The number of hydrogen-bond donors (Lipinski definition) is 3. The van der Waals surface area contributed by atoms with Crippen LogP contribution in [0.25, 0.3) is 0 Å². The third-order valence-electron chi connectivity index (χ3n) is 4.33. The van der Waals surface area contributed by atoms with Crippen molar-refractivity contribution in [1.29, 1.82) is 5.41 Å². The van der Waals surface area contributed by atoms with Crippen LogP contribution in [0, 0.1) is 5.41 Å². The Balaban J connectivity index is 1.55. The van der Waals surface area contributed by atoms with E-state index in [0.29, 0.717) is 23.0 Å². The van der Waals surface area contributed by atoms with Crippen LogP contribution in [0.3, 0.4) is 0 Å². The smallest absolute Gasteiger partial charge is 0.227 e. The molecule has 1 aliphatic rings. The summed E-state index contributed by atoms with van der Waals surface area (Å²) in [4.78, 5) is 11.1. The number of hydrogen-bond acceptors (Lipinski definition) is 6. The van der Waals surface area contributed by atoms with Gasteiger partial charge in [-0.15, -0.1) is 0 Å². The quantitative estimate of drug-likeness (QED) is 0.481. The van der Waals surface area contributed by atoms with Crippen molar-refractivity contribution in [3.8, 4) is 0 Å². The number of anilines is 4. The lowest BCUT2D eigenvalue weighted by molar-refractivity contribution is 0.829. The van der Waals surface area contributed by atoms with Gasteiger partial charge in [-0.2, -0.15) is 4.98 Å². The summed E-state index contributed by atoms with van der Waals surface area (Å²) in [7, 11) is 0. The second kappa shape index (κ2) is 6.65. The fourth-order valence-electron chi connectivity index (χ4n) is 3.00. The van der Waals surface area contributed by atoms with Crippen molar-refractivity contribution in [2.24, 2.45) is 0 Å². The number of aromatic nitrogens is 2. The predicted molar refractivity (Wildman–Crippen MR) is 105 cm³/mol. The van der Waals surface area contributed by atoms with Crippen LogP contribution in [0.2, 0.25) is 5.02 Å². The number of nitrogens with zero attached hydrogens (tertiary/aromatic N) is 3. The Kier molecular flexibility index (Phi) is 4.18. The average molecular weight is 365 g/mol. The van der Waals surface area contributed by atoms with Crippen molar-refractivity contribution in [2.45, 2.75) is 13.1 Å². The number of halogens is 1. The molecular formula is C19H17ClN6. The third-order valence-corrected chi connectivity index (χ3v) is 4.57. The highest BCUT2D eigenvalue weighted by Crippen LogP contribution is 2.29. The summed E-state index contributed by atoms with van der Waals surface area (Å²) in [6.07, 6.45) is 2.97. The third kappa shape index (κ3) is 3.19. The standard InChI is InChI=1S/C19H17ClN6/c20-15-2-1-12-10-26(11-14(12)7-15)19-23-6-5-18(25-19)24-16-3-4-17(22)13(8-16)9-21/h1-9,21H,10-11,22H2,(H,23,24,25). The molecule has 0 radical (unpaired) electrons. The lowest BCUT2D eigenvalue weighted by atomic mass is 10.1. The van der Waals surface area contributed by atoms with E-state index in [1.54, 1.807) is 12.3 Å². The van der Waals surface area contributed by atoms with Gasteiger partial charge in [-0.3, -0.25) is 0 Å². The van der Waals surface area contributed by atoms with Gasteiger partial charge in [0.2, 0.25) is 5.95 Å². The number of benzene rings is 2. The van der Waals surface area contributed by atoms with Crippen LogP contribution in [0.5, 0.6) is 0 Å². The molecule has 1 aliphatic heterocycles. The number of rotatable bonds is 4. The van der Waals surface area contributed by atoms with Crippen LogP contribution in [-0.2, 0) is 13.1 Å². The molecule has 0 spiro atoms. The normalized spacial score (nSPS) is 12.7. The molecule has 0 aliphatic carbocycles. The van der Waals surface area contributed by atoms with E-state index in [-0.39, 0.29) is 0 Å². The Morgan fingerprint density at radius 1 is 1.12 bits per heavy atom. The van der Waals surface area contributed by atoms with E-state index in [1.807, 2.05) is 36.4 Å². The van der Waals surface area contributed by atoms with Crippen LogP contribution >= 0.6 is 11.6 Å². The summed E-state index contributed by atoms with van der Waals surface area (Å²) in [5.74, 6) is 1.34. The molecule has 0 amide bonds. The molecule has 1 aromatic heterocycles. The molecule has 3 aromatic rings. The van der Waals surface area contributed by atoms with Crippen molar-refractivity contribution < 1.29 is 0 Å². The van der Waals surface area contributed by atoms with Gasteiger partial charge >= 0.3 is 0 Å². The minimum Gasteiger partial charge on any atom is -0.398 e. The molecule has 0 fully saturated rings. The van der Waals surface area contributed by atoms with E-state index in [2.05, 4.69) is 20.2 Å². The van der Waals surface area contributed by atoms with E-state index >= 15 is 0 Å². The average Bonchev–Trinajstić information content (AvgIpc) is 3.07. The summed E-state index contributed by atoms with van der Waals surface area (Å²) in [6, 6.07) is 13.2. The number of fused-ring (bicyclic) bond motifs is 1. The van der Waals surface area contributed by atoms with Crippen molar-refractivity contribution in [2.75, 3.05) is 16.0 Å². The lowest BCUT2D eigenvalue weighted by Crippen LogP contribution is -2.17. The van der Waals surface area contributed by atoms with E-state index < -0.39 is 0 Å². The topological polar surface area (TPSA) is 90.9 Å². The summed E-state index contributed by atoms with van der Waals surface area (Å²) in [5, 5.41) is 11.4. The fourth-order valence-corrected chi connectivity index (χ4v) is 3.19. The van der Waals surface area contributed by atoms with Crippen LogP contribution in [0.1, 0.15) is 16.7 Å². The highest BCUT2D eigenvalue weighted by molar-refractivity contribution is 6.30. The Hall–Kier alpha value is -3.12. The molecule has 0 atom stereocenters. The molecule has 2 aromatic carbocycles. The van der Waals surface area contributed by atoms with Crippen LogP contribution in [-0.4, -0.2) is 16.2 Å². The highest BCUT2D eigenvalue weighted by Gasteiger charge is 2.21. The zero-order valence-electron chi connectivity index (χ0n) is 13.9. The minimum atomic E-state index is 0.572. The maximum atomic E-state index is 7.41. The number of nitrogens with one attached hydrogen (secondary N) is 2. The fraction of sp³-hybridized carbons (Fsp3) is 0.105. The molecule has 4 rings (SSSR count). The van der Waals surface area contributed by atoms with Gasteiger partial charge in [0.1, 0.15) is 5.82 Å². The molecule has 130 valence electrons. The van der Waals surface area contributed by atoms with Crippen molar-refractivity contribution in [1.82, 2.24) is 9.97 Å². The van der Waals surface area contributed by atoms with Gasteiger partial charge in [-0.1, -0.05) is 17.7 Å². The Morgan fingerprint density at radius 2 is 1.96 bits per heavy atom. The molecular weight excluding hydrogens is 348 g/mol. The van der Waals surface area contributed by atoms with Gasteiger partial charge in [0, 0.05) is 47.5 Å². The summed E-state index contributed by atoms with van der Waals surface area (Å²) in [6.45, 7) is 1.49. The van der Waals surface area contributed by atoms with E-state index in [1.165, 1.54) is 17.3 Å². The first-order valence-electron chi connectivity index (χ1n) is 8.15. The van der Waals surface area contributed by atoms with Gasteiger partial charge < -0.3 is 21.4 Å². The van der Waals surface area contributed by atoms with Gasteiger partial charge in [-0.05, 0) is 47.5 Å². The van der Waals surface area contributed by atoms with E-state index in [9.17, 15) is 0 Å². The van der Waals surface area contributed by atoms with Crippen LogP contribution in [0.4, 0.5) is 23.1 Å². The molecule has 6 nitrogen and oxygen atoms in total. The lowest BCUT2D eigenvalue weighted by Gasteiger charge is -2.16. The van der Waals surface area contributed by atoms with Crippen LogP contribution in [0.15, 0.2) is 48.7 Å². The molecule has 0 saturated heterocycles. The zero-order chi connectivity index (χ0) is 18.1. The Morgan fingerprint density at radius 3 is 2.81 bits per heavy atom. The van der Waals surface area contributed by atoms with Crippen molar-refractivity contribution in [3.63, 3.8) is 0 Å². The largest absolute Gasteiger partial charge is 0.398 e. The first kappa shape index (κ1) is 16.4. The van der Waals surface area contributed by atoms with Gasteiger partial charge in [0.25, 0.3) is 0 Å². The molecule has 2 heterocycles. The molecule has 0 saturated carbocycles. The predicted octanol–water partition coefficient (Wildman–Crippen LogP) is 3.97. The molecule has 0 unspecified atom stereocenters. The first-order chi connectivity index (χ1) is 12.6. The van der Waals surface area contributed by atoms with Crippen molar-refractivity contribution >= 4 is 41.0 Å². The molecule has 7 heteroatoms. The summed E-state index contributed by atoms with van der Waals surface area (Å²) in [5.41, 5.74) is 10.3. The minimum absolute atomic E-state index is 0.572. The monoisotopic (exact) mass is 364 g/mol. The first-order valence-corrected chi connectivity index (χ1v) is 8.52. The van der Waals surface area contributed by atoms with Gasteiger partial charge in [0.05, 0.1) is 0 Å². The van der Waals surface area contributed by atoms with Crippen molar-refractivity contribution in [3.05, 3.63) is 70.4 Å². The molecule has 0 bridgehead atoms. The molecule has 26 heavy (non-hydrogen) atoms. The second-order valence-electron chi connectivity index (χ2n) is 6.12. The van der Waals surface area contributed by atoms with Gasteiger partial charge in [-0.25, -0.2) is 4.98 Å². The Bertz CT molecular complexity index is 988. The summed E-state index contributed by atoms with van der Waals surface area (Å²) >= 11 is 6.08. The maximum absolute atomic E-state index is 7.41. The zero-order valence-corrected chi connectivity index (χ0v) is 14.7. The summed E-state index contributed by atoms with van der Waals surface area (Å²) < 4.78 is 0. The van der Waals surface area contributed by atoms with Crippen LogP contribution < -0.4 is 16.0 Å². The SMILES string of the molecule is N=Cc1cc(Nc2ccnc(N3Cc4ccc(Cl)cc4C3)n2)ccc1N. The Labute approximate surface area is 156 Å².